The van der Waals surface area contributed by atoms with Gasteiger partial charge in [-0.3, -0.25) is 4.79 Å². The molecule has 3 aromatic rings. The number of halogens is 1. The van der Waals surface area contributed by atoms with Crippen LogP contribution in [0.1, 0.15) is 23.2 Å². The van der Waals surface area contributed by atoms with Crippen molar-refractivity contribution in [2.75, 3.05) is 33.4 Å². The Labute approximate surface area is 180 Å². The molecular formula is C25H24FNO4. The van der Waals surface area contributed by atoms with Gasteiger partial charge in [-0.25, -0.2) is 4.39 Å². The summed E-state index contributed by atoms with van der Waals surface area (Å²) in [5, 5.41) is 1.79. The molecule has 0 bridgehead atoms. The number of likely N-dealkylation sites (tertiary alicyclic amines) is 1. The van der Waals surface area contributed by atoms with E-state index in [1.54, 1.807) is 6.07 Å². The molecule has 0 aliphatic carbocycles. The molecule has 1 spiro atoms. The molecule has 0 atom stereocenters. The predicted molar refractivity (Wildman–Crippen MR) is 116 cm³/mol. The molecule has 2 saturated heterocycles. The lowest BCUT2D eigenvalue weighted by Crippen LogP contribution is -2.47. The zero-order valence-electron chi connectivity index (χ0n) is 17.4. The molecule has 31 heavy (non-hydrogen) atoms. The van der Waals surface area contributed by atoms with E-state index < -0.39 is 5.79 Å². The largest absolute Gasteiger partial charge is 0.496 e. The van der Waals surface area contributed by atoms with E-state index in [1.165, 1.54) is 19.2 Å². The van der Waals surface area contributed by atoms with E-state index >= 15 is 0 Å². The normalized spacial score (nSPS) is 17.9. The standard InChI is InChI=1S/C25H24FNO4/c1-29-23-16-17(26)8-9-21(23)19-5-2-6-20-18(19)4-3-7-22(20)24(28)27-12-10-25(11-13-27)30-14-15-31-25/h2-9,16H,10-15H2,1H3. The quantitative estimate of drug-likeness (QED) is 0.619. The van der Waals surface area contributed by atoms with E-state index in [-0.39, 0.29) is 11.7 Å². The number of hydrogen-bond donors (Lipinski definition) is 0. The fourth-order valence-corrected chi connectivity index (χ4v) is 4.63. The maximum Gasteiger partial charge on any atom is 0.254 e. The van der Waals surface area contributed by atoms with Crippen molar-refractivity contribution < 1.29 is 23.4 Å². The monoisotopic (exact) mass is 421 g/mol. The lowest BCUT2D eigenvalue weighted by atomic mass is 9.94. The first-order chi connectivity index (χ1) is 15.1. The summed E-state index contributed by atoms with van der Waals surface area (Å²) in [6.07, 6.45) is 1.36. The van der Waals surface area contributed by atoms with E-state index in [0.29, 0.717) is 50.5 Å². The Morgan fingerprint density at radius 2 is 1.68 bits per heavy atom. The average Bonchev–Trinajstić information content (AvgIpc) is 3.26. The number of ether oxygens (including phenoxy) is 3. The van der Waals surface area contributed by atoms with Crippen LogP contribution in [-0.2, 0) is 9.47 Å². The molecule has 2 heterocycles. The van der Waals surface area contributed by atoms with Gasteiger partial charge in [0.05, 0.1) is 20.3 Å². The summed E-state index contributed by atoms with van der Waals surface area (Å²) in [7, 11) is 1.53. The van der Waals surface area contributed by atoms with Crippen LogP contribution in [0.15, 0.2) is 54.6 Å². The second kappa shape index (κ2) is 7.94. The molecule has 3 aromatic carbocycles. The molecule has 6 heteroatoms. The highest BCUT2D eigenvalue weighted by atomic mass is 19.1. The Morgan fingerprint density at radius 3 is 2.42 bits per heavy atom. The summed E-state index contributed by atoms with van der Waals surface area (Å²) in [5.41, 5.74) is 2.34. The van der Waals surface area contributed by atoms with Crippen LogP contribution in [0.2, 0.25) is 0 Å². The van der Waals surface area contributed by atoms with Gasteiger partial charge in [0.1, 0.15) is 11.6 Å². The van der Waals surface area contributed by atoms with Crippen LogP contribution in [0.25, 0.3) is 21.9 Å². The van der Waals surface area contributed by atoms with Crippen LogP contribution in [0.5, 0.6) is 5.75 Å². The molecule has 2 fully saturated rings. The SMILES string of the molecule is COc1cc(F)ccc1-c1cccc2c(C(=O)N3CCC4(CC3)OCCO4)cccc12. The molecule has 5 rings (SSSR count). The van der Waals surface area contributed by atoms with Crippen molar-refractivity contribution in [2.24, 2.45) is 0 Å². The van der Waals surface area contributed by atoms with Crippen LogP contribution in [0.3, 0.4) is 0 Å². The number of benzene rings is 3. The first kappa shape index (κ1) is 20.0. The van der Waals surface area contributed by atoms with E-state index in [1.807, 2.05) is 41.3 Å². The number of carbonyl (C=O) groups is 1. The van der Waals surface area contributed by atoms with Gasteiger partial charge in [0.2, 0.25) is 0 Å². The third kappa shape index (κ3) is 3.56. The molecule has 0 saturated carbocycles. The smallest absolute Gasteiger partial charge is 0.254 e. The summed E-state index contributed by atoms with van der Waals surface area (Å²) in [6.45, 7) is 2.43. The average molecular weight is 421 g/mol. The van der Waals surface area contributed by atoms with Crippen molar-refractivity contribution in [3.63, 3.8) is 0 Å². The minimum atomic E-state index is -0.512. The molecule has 5 nitrogen and oxygen atoms in total. The Balaban J connectivity index is 1.50. The number of nitrogens with zero attached hydrogens (tertiary/aromatic N) is 1. The number of fused-ring (bicyclic) bond motifs is 1. The highest BCUT2D eigenvalue weighted by Gasteiger charge is 2.41. The minimum Gasteiger partial charge on any atom is -0.496 e. The van der Waals surface area contributed by atoms with Crippen molar-refractivity contribution in [3.05, 3.63) is 66.0 Å². The maximum absolute atomic E-state index is 13.7. The van der Waals surface area contributed by atoms with Gasteiger partial charge in [-0.15, -0.1) is 0 Å². The van der Waals surface area contributed by atoms with Gasteiger partial charge in [-0.05, 0) is 34.5 Å². The molecule has 2 aliphatic heterocycles. The molecule has 2 aliphatic rings. The molecule has 0 N–H and O–H groups in total. The second-order valence-corrected chi connectivity index (χ2v) is 7.95. The molecular weight excluding hydrogens is 397 g/mol. The summed E-state index contributed by atoms with van der Waals surface area (Å²) in [6, 6.07) is 16.1. The van der Waals surface area contributed by atoms with E-state index in [2.05, 4.69) is 0 Å². The van der Waals surface area contributed by atoms with Crippen LogP contribution < -0.4 is 4.74 Å². The number of piperidine rings is 1. The number of amides is 1. The number of carbonyl (C=O) groups excluding carboxylic acids is 1. The molecule has 1 amide bonds. The zero-order valence-corrected chi connectivity index (χ0v) is 17.4. The van der Waals surface area contributed by atoms with Gasteiger partial charge < -0.3 is 19.1 Å². The van der Waals surface area contributed by atoms with E-state index in [4.69, 9.17) is 14.2 Å². The third-order valence-corrected chi connectivity index (χ3v) is 6.23. The molecule has 160 valence electrons. The number of rotatable bonds is 3. The second-order valence-electron chi connectivity index (χ2n) is 7.95. The van der Waals surface area contributed by atoms with Crippen molar-refractivity contribution in [3.8, 4) is 16.9 Å². The number of hydrogen-bond acceptors (Lipinski definition) is 4. The minimum absolute atomic E-state index is 0.00154. The van der Waals surface area contributed by atoms with Gasteiger partial charge in [-0.1, -0.05) is 30.3 Å². The Morgan fingerprint density at radius 1 is 0.968 bits per heavy atom. The van der Waals surface area contributed by atoms with Crippen LogP contribution >= 0.6 is 0 Å². The lowest BCUT2D eigenvalue weighted by molar-refractivity contribution is -0.181. The van der Waals surface area contributed by atoms with Gasteiger partial charge in [0.15, 0.2) is 5.79 Å². The summed E-state index contributed by atoms with van der Waals surface area (Å²) in [5.74, 6) is -0.402. The molecule has 0 unspecified atom stereocenters. The zero-order chi connectivity index (χ0) is 21.4. The highest BCUT2D eigenvalue weighted by molar-refractivity contribution is 6.10. The first-order valence-corrected chi connectivity index (χ1v) is 10.5. The first-order valence-electron chi connectivity index (χ1n) is 10.5. The van der Waals surface area contributed by atoms with Crippen molar-refractivity contribution in [1.82, 2.24) is 4.90 Å². The van der Waals surface area contributed by atoms with Crippen molar-refractivity contribution >= 4 is 16.7 Å². The van der Waals surface area contributed by atoms with Gasteiger partial charge in [0, 0.05) is 43.1 Å². The van der Waals surface area contributed by atoms with Crippen molar-refractivity contribution in [1.29, 1.82) is 0 Å². The maximum atomic E-state index is 13.7. The summed E-state index contributed by atoms with van der Waals surface area (Å²) in [4.78, 5) is 15.3. The highest BCUT2D eigenvalue weighted by Crippen LogP contribution is 2.37. The third-order valence-electron chi connectivity index (χ3n) is 6.23. The van der Waals surface area contributed by atoms with Crippen LogP contribution in [-0.4, -0.2) is 50.0 Å². The topological polar surface area (TPSA) is 48.0 Å². The number of methoxy groups -OCH3 is 1. The Hall–Kier alpha value is -2.96. The van der Waals surface area contributed by atoms with E-state index in [0.717, 1.165) is 21.9 Å². The molecule has 0 radical (unpaired) electrons. The van der Waals surface area contributed by atoms with Gasteiger partial charge >= 0.3 is 0 Å². The molecule has 0 aromatic heterocycles. The Bertz CT molecular complexity index is 1130. The van der Waals surface area contributed by atoms with Crippen LogP contribution in [0, 0.1) is 5.82 Å². The van der Waals surface area contributed by atoms with Gasteiger partial charge in [-0.2, -0.15) is 0 Å². The summed E-state index contributed by atoms with van der Waals surface area (Å²) < 4.78 is 30.7. The summed E-state index contributed by atoms with van der Waals surface area (Å²) >= 11 is 0. The van der Waals surface area contributed by atoms with Crippen LogP contribution in [0.4, 0.5) is 4.39 Å². The fraction of sp³-hybridized carbons (Fsp3) is 0.320. The predicted octanol–water partition coefficient (Wildman–Crippen LogP) is 4.63. The van der Waals surface area contributed by atoms with Crippen molar-refractivity contribution in [2.45, 2.75) is 18.6 Å². The Kier molecular flexibility index (Phi) is 5.12. The lowest BCUT2D eigenvalue weighted by Gasteiger charge is -2.37. The fourth-order valence-electron chi connectivity index (χ4n) is 4.63. The van der Waals surface area contributed by atoms with Gasteiger partial charge in [0.25, 0.3) is 5.91 Å². The van der Waals surface area contributed by atoms with E-state index in [9.17, 15) is 9.18 Å².